The van der Waals surface area contributed by atoms with Crippen molar-refractivity contribution in [2.75, 3.05) is 6.54 Å². The number of hydrogen-bond donors (Lipinski definition) is 1. The summed E-state index contributed by atoms with van der Waals surface area (Å²) in [4.78, 5) is 11.3. The Labute approximate surface area is 108 Å². The van der Waals surface area contributed by atoms with Crippen molar-refractivity contribution in [3.05, 3.63) is 35.1 Å². The summed E-state index contributed by atoms with van der Waals surface area (Å²) in [6.45, 7) is -0.849. The van der Waals surface area contributed by atoms with Gasteiger partial charge in [0.05, 0.1) is 17.5 Å². The second kappa shape index (κ2) is 5.68. The Balaban J connectivity index is 2.84. The molecule has 0 atom stereocenters. The van der Waals surface area contributed by atoms with Gasteiger partial charge in [0, 0.05) is 6.54 Å². The fraction of sp³-hybridized carbons (Fsp3) is 0.364. The Hall–Kier alpha value is -1.80. The predicted octanol–water partition coefficient (Wildman–Crippen LogP) is 3.53. The van der Waals surface area contributed by atoms with Gasteiger partial charge in [-0.05, 0) is 12.1 Å². The highest BCUT2D eigenvalue weighted by Crippen LogP contribution is 2.32. The van der Waals surface area contributed by atoms with E-state index >= 15 is 0 Å². The minimum atomic E-state index is -4.99. The topological polar surface area (TPSA) is 29.1 Å². The van der Waals surface area contributed by atoms with Crippen molar-refractivity contribution in [1.82, 2.24) is 5.32 Å². The summed E-state index contributed by atoms with van der Waals surface area (Å²) in [7, 11) is 0. The summed E-state index contributed by atoms with van der Waals surface area (Å²) in [5, 5.41) is 1.71. The van der Waals surface area contributed by atoms with Gasteiger partial charge in [0.15, 0.2) is 0 Å². The smallest absolute Gasteiger partial charge is 0.352 e. The lowest BCUT2D eigenvalue weighted by atomic mass is 10.1. The monoisotopic (exact) mass is 303 g/mol. The van der Waals surface area contributed by atoms with Crippen molar-refractivity contribution in [3.8, 4) is 0 Å². The third kappa shape index (κ3) is 4.39. The Morgan fingerprint density at radius 1 is 1.10 bits per heavy atom. The molecule has 20 heavy (non-hydrogen) atoms. The molecule has 112 valence electrons. The van der Waals surface area contributed by atoms with Gasteiger partial charge in [-0.1, -0.05) is 6.07 Å². The number of amides is 1. The van der Waals surface area contributed by atoms with E-state index in [9.17, 15) is 35.5 Å². The first-order valence-corrected chi connectivity index (χ1v) is 5.23. The molecule has 0 bridgehead atoms. The van der Waals surface area contributed by atoms with Crippen LogP contribution in [-0.4, -0.2) is 18.6 Å². The summed E-state index contributed by atoms with van der Waals surface area (Å²) in [6.07, 6.45) is -10.9. The first-order valence-electron chi connectivity index (χ1n) is 5.23. The van der Waals surface area contributed by atoms with Gasteiger partial charge in [0.1, 0.15) is 5.82 Å². The maximum Gasteiger partial charge on any atom is 0.419 e. The normalized spacial score (nSPS) is 12.3. The lowest BCUT2D eigenvalue weighted by Gasteiger charge is -2.12. The molecule has 1 N–H and O–H groups in total. The molecule has 0 aromatic heterocycles. The quantitative estimate of drug-likeness (QED) is 0.850. The molecule has 0 radical (unpaired) electrons. The van der Waals surface area contributed by atoms with Crippen LogP contribution < -0.4 is 5.32 Å². The summed E-state index contributed by atoms with van der Waals surface area (Å²) >= 11 is 0. The van der Waals surface area contributed by atoms with E-state index in [1.54, 1.807) is 5.32 Å². The SMILES string of the molecule is O=C(NCCC(F)(F)F)c1cccc(C(F)(F)F)c1F. The van der Waals surface area contributed by atoms with Crippen LogP contribution in [0.2, 0.25) is 0 Å². The third-order valence-corrected chi connectivity index (χ3v) is 2.24. The van der Waals surface area contributed by atoms with Crippen molar-refractivity contribution in [1.29, 1.82) is 0 Å². The zero-order chi connectivity index (χ0) is 15.6. The summed E-state index contributed by atoms with van der Waals surface area (Å²) in [6, 6.07) is 1.99. The minimum Gasteiger partial charge on any atom is -0.352 e. The molecule has 0 unspecified atom stereocenters. The number of alkyl halides is 6. The van der Waals surface area contributed by atoms with Crippen LogP contribution in [0.5, 0.6) is 0 Å². The van der Waals surface area contributed by atoms with E-state index < -0.39 is 48.2 Å². The molecule has 0 saturated heterocycles. The molecule has 1 rings (SSSR count). The molecule has 9 heteroatoms. The molecule has 0 aliphatic heterocycles. The molecule has 0 aliphatic carbocycles. The van der Waals surface area contributed by atoms with E-state index in [1.807, 2.05) is 0 Å². The summed E-state index contributed by atoms with van der Waals surface area (Å²) < 4.78 is 86.1. The van der Waals surface area contributed by atoms with E-state index in [-0.39, 0.29) is 0 Å². The Morgan fingerprint density at radius 3 is 2.20 bits per heavy atom. The third-order valence-electron chi connectivity index (χ3n) is 2.24. The predicted molar refractivity (Wildman–Crippen MR) is 54.4 cm³/mol. The fourth-order valence-electron chi connectivity index (χ4n) is 1.34. The molecular formula is C11H8F7NO. The van der Waals surface area contributed by atoms with Gasteiger partial charge >= 0.3 is 12.4 Å². The zero-order valence-electron chi connectivity index (χ0n) is 9.70. The van der Waals surface area contributed by atoms with Crippen molar-refractivity contribution >= 4 is 5.91 Å². The van der Waals surface area contributed by atoms with Crippen LogP contribution in [0.3, 0.4) is 0 Å². The van der Waals surface area contributed by atoms with Crippen molar-refractivity contribution in [2.24, 2.45) is 0 Å². The van der Waals surface area contributed by atoms with Gasteiger partial charge < -0.3 is 5.32 Å². The number of nitrogens with one attached hydrogen (secondary N) is 1. The van der Waals surface area contributed by atoms with Crippen LogP contribution >= 0.6 is 0 Å². The summed E-state index contributed by atoms with van der Waals surface area (Å²) in [5.74, 6) is -3.15. The van der Waals surface area contributed by atoms with Crippen LogP contribution in [-0.2, 0) is 6.18 Å². The van der Waals surface area contributed by atoms with Crippen molar-refractivity contribution in [2.45, 2.75) is 18.8 Å². The maximum atomic E-state index is 13.5. The van der Waals surface area contributed by atoms with E-state index in [4.69, 9.17) is 0 Å². The van der Waals surface area contributed by atoms with Crippen LogP contribution in [0.25, 0.3) is 0 Å². The van der Waals surface area contributed by atoms with E-state index in [0.717, 1.165) is 12.1 Å². The molecule has 0 saturated carbocycles. The fourth-order valence-corrected chi connectivity index (χ4v) is 1.34. The van der Waals surface area contributed by atoms with Crippen LogP contribution in [0.4, 0.5) is 30.7 Å². The van der Waals surface area contributed by atoms with Crippen LogP contribution in [0.15, 0.2) is 18.2 Å². The molecule has 0 spiro atoms. The van der Waals surface area contributed by atoms with Gasteiger partial charge in [-0.2, -0.15) is 26.3 Å². The van der Waals surface area contributed by atoms with Gasteiger partial charge in [-0.3, -0.25) is 4.79 Å². The van der Waals surface area contributed by atoms with E-state index in [2.05, 4.69) is 0 Å². The first kappa shape index (κ1) is 16.3. The lowest BCUT2D eigenvalue weighted by Crippen LogP contribution is -2.29. The largest absolute Gasteiger partial charge is 0.419 e. The van der Waals surface area contributed by atoms with Crippen LogP contribution in [0.1, 0.15) is 22.3 Å². The molecule has 1 amide bonds. The zero-order valence-corrected chi connectivity index (χ0v) is 9.70. The summed E-state index contributed by atoms with van der Waals surface area (Å²) in [5.41, 5.74) is -2.61. The molecule has 1 aromatic rings. The Kier molecular flexibility index (Phi) is 4.61. The molecular weight excluding hydrogens is 295 g/mol. The second-order valence-corrected chi connectivity index (χ2v) is 3.79. The van der Waals surface area contributed by atoms with E-state index in [0.29, 0.717) is 6.07 Å². The highest BCUT2D eigenvalue weighted by atomic mass is 19.4. The average molecular weight is 303 g/mol. The first-order chi connectivity index (χ1) is 9.02. The second-order valence-electron chi connectivity index (χ2n) is 3.79. The maximum absolute atomic E-state index is 13.5. The molecule has 1 aromatic carbocycles. The Morgan fingerprint density at radius 2 is 1.70 bits per heavy atom. The van der Waals surface area contributed by atoms with Gasteiger partial charge in [0.25, 0.3) is 5.91 Å². The van der Waals surface area contributed by atoms with Crippen LogP contribution in [0, 0.1) is 5.82 Å². The Bertz CT molecular complexity index is 493. The number of carbonyl (C=O) groups excluding carboxylic acids is 1. The van der Waals surface area contributed by atoms with Crippen molar-refractivity contribution in [3.63, 3.8) is 0 Å². The standard InChI is InChI=1S/C11H8F7NO/c12-8-6(2-1-3-7(8)11(16,17)18)9(20)19-5-4-10(13,14)15/h1-3H,4-5H2,(H,19,20). The highest BCUT2D eigenvalue weighted by Gasteiger charge is 2.35. The highest BCUT2D eigenvalue weighted by molar-refractivity contribution is 5.94. The number of benzene rings is 1. The molecule has 0 heterocycles. The lowest BCUT2D eigenvalue weighted by molar-refractivity contribution is -0.140. The van der Waals surface area contributed by atoms with Gasteiger partial charge in [0.2, 0.25) is 0 Å². The molecule has 2 nitrogen and oxygen atoms in total. The molecule has 0 fully saturated rings. The number of hydrogen-bond acceptors (Lipinski definition) is 1. The average Bonchev–Trinajstić information content (AvgIpc) is 2.25. The van der Waals surface area contributed by atoms with Gasteiger partial charge in [-0.25, -0.2) is 4.39 Å². The number of halogens is 7. The number of rotatable bonds is 3. The van der Waals surface area contributed by atoms with Gasteiger partial charge in [-0.15, -0.1) is 0 Å². The van der Waals surface area contributed by atoms with Crippen molar-refractivity contribution < 1.29 is 35.5 Å². The van der Waals surface area contributed by atoms with E-state index in [1.165, 1.54) is 0 Å². The molecule has 0 aliphatic rings. The minimum absolute atomic E-state index is 0.432. The number of carbonyl (C=O) groups is 1.